The Labute approximate surface area is 147 Å². The summed E-state index contributed by atoms with van der Waals surface area (Å²) in [6.45, 7) is 3.38. The minimum atomic E-state index is -0.899. The molecule has 0 saturated heterocycles. The minimum absolute atomic E-state index is 0.150. The molecule has 0 radical (unpaired) electrons. The highest BCUT2D eigenvalue weighted by Gasteiger charge is 2.19. The van der Waals surface area contributed by atoms with Crippen LogP contribution in [0.25, 0.3) is 0 Å². The van der Waals surface area contributed by atoms with Crippen molar-refractivity contribution in [1.82, 2.24) is 10.6 Å². The van der Waals surface area contributed by atoms with Crippen molar-refractivity contribution >= 4 is 16.8 Å². The molecule has 1 aliphatic rings. The number of hydrogen-bond donors (Lipinski definition) is 3. The van der Waals surface area contributed by atoms with Crippen molar-refractivity contribution in [3.63, 3.8) is 0 Å². The smallest absolute Gasteiger partial charge is 0.191 e. The van der Waals surface area contributed by atoms with Crippen molar-refractivity contribution in [3.8, 4) is 0 Å². The predicted molar refractivity (Wildman–Crippen MR) is 101 cm³/mol. The molecule has 24 heavy (non-hydrogen) atoms. The van der Waals surface area contributed by atoms with Crippen molar-refractivity contribution < 1.29 is 9.32 Å². The van der Waals surface area contributed by atoms with Gasteiger partial charge in [0.15, 0.2) is 5.96 Å². The molecule has 5 nitrogen and oxygen atoms in total. The Balaban J connectivity index is 1.76. The van der Waals surface area contributed by atoms with Crippen LogP contribution in [0.2, 0.25) is 0 Å². The van der Waals surface area contributed by atoms with Crippen LogP contribution in [0.3, 0.4) is 0 Å². The molecular weight excluding hydrogens is 322 g/mol. The molecule has 1 fully saturated rings. The molecule has 0 heterocycles. The Hall–Kier alpha value is -1.40. The molecule has 0 spiro atoms. The fourth-order valence-corrected chi connectivity index (χ4v) is 3.83. The van der Waals surface area contributed by atoms with E-state index in [-0.39, 0.29) is 6.10 Å². The Morgan fingerprint density at radius 1 is 1.25 bits per heavy atom. The zero-order valence-electron chi connectivity index (χ0n) is 14.4. The number of benzene rings is 1. The largest absolute Gasteiger partial charge is 0.393 e. The lowest BCUT2D eigenvalue weighted by molar-refractivity contribution is 0.120. The van der Waals surface area contributed by atoms with Gasteiger partial charge in [0.2, 0.25) is 0 Å². The van der Waals surface area contributed by atoms with E-state index in [4.69, 9.17) is 0 Å². The van der Waals surface area contributed by atoms with Crippen LogP contribution < -0.4 is 10.6 Å². The van der Waals surface area contributed by atoms with E-state index < -0.39 is 10.8 Å². The summed E-state index contributed by atoms with van der Waals surface area (Å²) in [4.78, 5) is 4.55. The molecule has 1 aliphatic carbocycles. The van der Waals surface area contributed by atoms with E-state index >= 15 is 0 Å². The van der Waals surface area contributed by atoms with E-state index in [0.29, 0.717) is 24.1 Å². The normalized spacial score (nSPS) is 22.8. The zero-order valence-corrected chi connectivity index (χ0v) is 15.2. The Bertz CT molecular complexity index is 528. The van der Waals surface area contributed by atoms with Gasteiger partial charge in [-0.1, -0.05) is 30.3 Å². The first-order valence-corrected chi connectivity index (χ1v) is 10.3. The van der Waals surface area contributed by atoms with E-state index in [0.717, 1.165) is 43.8 Å². The van der Waals surface area contributed by atoms with Crippen molar-refractivity contribution in [2.24, 2.45) is 4.99 Å². The van der Waals surface area contributed by atoms with Crippen LogP contribution >= 0.6 is 0 Å². The summed E-state index contributed by atoms with van der Waals surface area (Å²) < 4.78 is 12.2. The molecule has 1 aromatic rings. The van der Waals surface area contributed by atoms with Gasteiger partial charge in [-0.2, -0.15) is 0 Å². The highest BCUT2D eigenvalue weighted by molar-refractivity contribution is 7.84. The molecule has 2 rings (SSSR count). The molecular formula is C18H29N3O2S. The minimum Gasteiger partial charge on any atom is -0.393 e. The van der Waals surface area contributed by atoms with Crippen LogP contribution in [-0.2, 0) is 16.6 Å². The van der Waals surface area contributed by atoms with Crippen molar-refractivity contribution in [3.05, 3.63) is 35.9 Å². The monoisotopic (exact) mass is 351 g/mol. The molecule has 0 aromatic heterocycles. The second-order valence-electron chi connectivity index (χ2n) is 6.18. The third kappa shape index (κ3) is 7.01. The SMILES string of the molecule is CCNC(=NCCS(=O)Cc1ccccc1)NC1CCC(O)CC1. The van der Waals surface area contributed by atoms with Gasteiger partial charge in [-0.05, 0) is 38.2 Å². The fourth-order valence-electron chi connectivity index (χ4n) is 2.83. The third-order valence-electron chi connectivity index (χ3n) is 4.14. The maximum Gasteiger partial charge on any atom is 0.191 e. The molecule has 1 saturated carbocycles. The summed E-state index contributed by atoms with van der Waals surface area (Å²) in [5.74, 6) is 1.94. The van der Waals surface area contributed by atoms with Crippen molar-refractivity contribution in [2.45, 2.75) is 50.5 Å². The average Bonchev–Trinajstić information content (AvgIpc) is 2.58. The van der Waals surface area contributed by atoms with E-state index in [1.807, 2.05) is 37.3 Å². The zero-order chi connectivity index (χ0) is 17.2. The number of aliphatic hydroxyl groups excluding tert-OH is 1. The first-order chi connectivity index (χ1) is 11.7. The molecule has 134 valence electrons. The van der Waals surface area contributed by atoms with Gasteiger partial charge in [-0.15, -0.1) is 0 Å². The lowest BCUT2D eigenvalue weighted by Gasteiger charge is -2.27. The number of nitrogens with zero attached hydrogens (tertiary/aromatic N) is 1. The predicted octanol–water partition coefficient (Wildman–Crippen LogP) is 1.79. The second-order valence-corrected chi connectivity index (χ2v) is 7.76. The Morgan fingerprint density at radius 3 is 2.62 bits per heavy atom. The molecule has 0 aliphatic heterocycles. The highest BCUT2D eigenvalue weighted by Crippen LogP contribution is 2.18. The molecule has 0 amide bonds. The van der Waals surface area contributed by atoms with Crippen LogP contribution in [0.15, 0.2) is 35.3 Å². The summed E-state index contributed by atoms with van der Waals surface area (Å²) in [5.41, 5.74) is 1.10. The Morgan fingerprint density at radius 2 is 1.96 bits per heavy atom. The van der Waals surface area contributed by atoms with Crippen LogP contribution in [0, 0.1) is 0 Å². The molecule has 0 bridgehead atoms. The summed E-state index contributed by atoms with van der Waals surface area (Å²) in [6.07, 6.45) is 3.47. The molecule has 3 N–H and O–H groups in total. The number of aliphatic hydroxyl groups is 1. The number of rotatable bonds is 7. The fraction of sp³-hybridized carbons (Fsp3) is 0.611. The van der Waals surface area contributed by atoms with E-state index in [1.165, 1.54) is 0 Å². The first kappa shape index (κ1) is 18.9. The van der Waals surface area contributed by atoms with Crippen molar-refractivity contribution in [2.75, 3.05) is 18.8 Å². The topological polar surface area (TPSA) is 73.7 Å². The van der Waals surface area contributed by atoms with Crippen molar-refractivity contribution in [1.29, 1.82) is 0 Å². The average molecular weight is 352 g/mol. The van der Waals surface area contributed by atoms with Crippen LogP contribution in [0.1, 0.15) is 38.2 Å². The summed E-state index contributed by atoms with van der Waals surface area (Å²) in [7, 11) is -0.899. The quantitative estimate of drug-likeness (QED) is 0.517. The summed E-state index contributed by atoms with van der Waals surface area (Å²) >= 11 is 0. The maximum atomic E-state index is 12.2. The lowest BCUT2D eigenvalue weighted by Crippen LogP contribution is -2.45. The maximum absolute atomic E-state index is 12.2. The van der Waals surface area contributed by atoms with Gasteiger partial charge in [0.25, 0.3) is 0 Å². The van der Waals surface area contributed by atoms with Gasteiger partial charge in [0.05, 0.1) is 12.6 Å². The first-order valence-electron chi connectivity index (χ1n) is 8.79. The number of aliphatic imine (C=N–C) groups is 1. The third-order valence-corrected chi connectivity index (χ3v) is 5.43. The molecule has 1 unspecified atom stereocenters. The van der Waals surface area contributed by atoms with Gasteiger partial charge in [-0.3, -0.25) is 9.20 Å². The van der Waals surface area contributed by atoms with Gasteiger partial charge < -0.3 is 15.7 Å². The van der Waals surface area contributed by atoms with Crippen LogP contribution in [0.4, 0.5) is 0 Å². The van der Waals surface area contributed by atoms with Gasteiger partial charge in [0, 0.05) is 34.9 Å². The number of nitrogens with one attached hydrogen (secondary N) is 2. The summed E-state index contributed by atoms with van der Waals surface area (Å²) in [5, 5.41) is 16.3. The number of hydrogen-bond acceptors (Lipinski definition) is 3. The second kappa shape index (κ2) is 10.5. The molecule has 1 atom stereocenters. The highest BCUT2D eigenvalue weighted by atomic mass is 32.2. The molecule has 6 heteroatoms. The van der Waals surface area contributed by atoms with Gasteiger partial charge >= 0.3 is 0 Å². The van der Waals surface area contributed by atoms with Gasteiger partial charge in [0.1, 0.15) is 0 Å². The standard InChI is InChI=1S/C18H29N3O2S/c1-2-19-18(21-16-8-10-17(22)11-9-16)20-12-13-24(23)14-15-6-4-3-5-7-15/h3-7,16-17,22H,2,8-14H2,1H3,(H2,19,20,21). The molecule has 1 aromatic carbocycles. The summed E-state index contributed by atoms with van der Waals surface area (Å²) in [6, 6.07) is 10.3. The Kier molecular flexibility index (Phi) is 8.25. The van der Waals surface area contributed by atoms with E-state index in [1.54, 1.807) is 0 Å². The van der Waals surface area contributed by atoms with Crippen LogP contribution in [0.5, 0.6) is 0 Å². The number of guanidine groups is 1. The van der Waals surface area contributed by atoms with E-state index in [2.05, 4.69) is 15.6 Å². The van der Waals surface area contributed by atoms with Crippen LogP contribution in [-0.4, -0.2) is 46.3 Å². The van der Waals surface area contributed by atoms with Gasteiger partial charge in [-0.25, -0.2) is 0 Å². The van der Waals surface area contributed by atoms with E-state index in [9.17, 15) is 9.32 Å². The lowest BCUT2D eigenvalue weighted by atomic mass is 9.93.